The van der Waals surface area contributed by atoms with Crippen molar-refractivity contribution in [3.8, 4) is 0 Å². The number of aliphatic hydroxyl groups is 1. The number of hydrogen-bond acceptors (Lipinski definition) is 1. The van der Waals surface area contributed by atoms with E-state index in [0.717, 1.165) is 9.14 Å². The average Bonchev–Trinajstić information content (AvgIpc) is 2.17. The van der Waals surface area contributed by atoms with Gasteiger partial charge in [0.2, 0.25) is 0 Å². The minimum Gasteiger partial charge on any atom is -0.391 e. The Balaban J connectivity index is 3.00. The number of benzene rings is 1. The summed E-state index contributed by atoms with van der Waals surface area (Å²) in [6.45, 7) is -0.00567. The highest BCUT2D eigenvalue weighted by atomic mass is 127. The van der Waals surface area contributed by atoms with Gasteiger partial charge in [0.15, 0.2) is 0 Å². The van der Waals surface area contributed by atoms with Crippen molar-refractivity contribution in [1.29, 1.82) is 0 Å². The molecule has 0 bridgehead atoms. The monoisotopic (exact) mass is 294 g/mol. The maximum atomic E-state index is 8.82. The van der Waals surface area contributed by atoms with Gasteiger partial charge in [-0.05, 0) is 28.2 Å². The predicted molar refractivity (Wildman–Crippen MR) is 60.3 cm³/mol. The molecular formula is C9H8ClIO. The fourth-order valence-corrected chi connectivity index (χ4v) is 1.31. The van der Waals surface area contributed by atoms with Gasteiger partial charge in [0.1, 0.15) is 0 Å². The molecule has 0 aliphatic rings. The lowest BCUT2D eigenvalue weighted by Crippen LogP contribution is -1.84. The Labute approximate surface area is 90.2 Å². The molecule has 1 aromatic rings. The van der Waals surface area contributed by atoms with Crippen LogP contribution in [0.3, 0.4) is 0 Å². The van der Waals surface area contributed by atoms with Crippen molar-refractivity contribution in [2.75, 3.05) is 6.61 Å². The first-order valence-electron chi connectivity index (χ1n) is 3.46. The van der Waals surface area contributed by atoms with Crippen molar-refractivity contribution in [2.24, 2.45) is 0 Å². The van der Waals surface area contributed by atoms with Gasteiger partial charge in [0, 0.05) is 3.58 Å². The molecule has 3 heteroatoms. The molecule has 0 fully saturated rings. The quantitative estimate of drug-likeness (QED) is 0.831. The van der Waals surface area contributed by atoms with Gasteiger partial charge in [-0.2, -0.15) is 0 Å². The van der Waals surface area contributed by atoms with Crippen LogP contribution in [0.4, 0.5) is 0 Å². The van der Waals surface area contributed by atoms with Crippen LogP contribution in [0.5, 0.6) is 0 Å². The molecule has 1 rings (SSSR count). The largest absolute Gasteiger partial charge is 0.391 e. The fraction of sp³-hybridized carbons (Fsp3) is 0.111. The van der Waals surface area contributed by atoms with E-state index in [1.807, 2.05) is 52.9 Å². The SMILES string of the molecule is OC/C(I)=C(/Cl)c1ccccc1. The zero-order valence-electron chi connectivity index (χ0n) is 6.30. The molecule has 0 aliphatic carbocycles. The number of aliphatic hydroxyl groups excluding tert-OH is 1. The van der Waals surface area contributed by atoms with Crippen LogP contribution in [0.15, 0.2) is 33.9 Å². The van der Waals surface area contributed by atoms with Gasteiger partial charge in [-0.1, -0.05) is 41.9 Å². The third-order valence-electron chi connectivity index (χ3n) is 1.40. The molecule has 0 saturated carbocycles. The molecule has 0 aromatic heterocycles. The first-order valence-corrected chi connectivity index (χ1v) is 4.92. The molecular weight excluding hydrogens is 286 g/mol. The van der Waals surface area contributed by atoms with E-state index in [1.54, 1.807) is 0 Å². The van der Waals surface area contributed by atoms with Gasteiger partial charge in [-0.3, -0.25) is 0 Å². The maximum absolute atomic E-state index is 8.82. The molecule has 0 unspecified atom stereocenters. The van der Waals surface area contributed by atoms with Gasteiger partial charge in [0.25, 0.3) is 0 Å². The summed E-state index contributed by atoms with van der Waals surface area (Å²) in [5.41, 5.74) is 0.942. The normalized spacial score (nSPS) is 12.6. The zero-order valence-corrected chi connectivity index (χ0v) is 9.21. The fourth-order valence-electron chi connectivity index (χ4n) is 0.811. The Hall–Kier alpha value is -0.0600. The summed E-state index contributed by atoms with van der Waals surface area (Å²) in [4.78, 5) is 0. The Morgan fingerprint density at radius 3 is 2.42 bits per heavy atom. The molecule has 64 valence electrons. The molecule has 12 heavy (non-hydrogen) atoms. The van der Waals surface area contributed by atoms with Crippen molar-refractivity contribution >= 4 is 39.2 Å². The summed E-state index contributed by atoms with van der Waals surface area (Å²) >= 11 is 8.00. The van der Waals surface area contributed by atoms with E-state index in [9.17, 15) is 0 Å². The molecule has 0 atom stereocenters. The van der Waals surface area contributed by atoms with E-state index in [-0.39, 0.29) is 6.61 Å². The molecule has 0 spiro atoms. The van der Waals surface area contributed by atoms with Crippen molar-refractivity contribution < 1.29 is 5.11 Å². The van der Waals surface area contributed by atoms with Gasteiger partial charge in [0.05, 0.1) is 11.6 Å². The molecule has 0 saturated heterocycles. The number of halogens is 2. The smallest absolute Gasteiger partial charge is 0.0754 e. The third kappa shape index (κ3) is 2.47. The van der Waals surface area contributed by atoms with E-state index in [4.69, 9.17) is 16.7 Å². The van der Waals surface area contributed by atoms with Gasteiger partial charge in [-0.15, -0.1) is 0 Å². The first kappa shape index (κ1) is 10.0. The summed E-state index contributed by atoms with van der Waals surface area (Å²) in [6, 6.07) is 9.59. The lowest BCUT2D eigenvalue weighted by Gasteiger charge is -2.00. The summed E-state index contributed by atoms with van der Waals surface area (Å²) < 4.78 is 0.764. The van der Waals surface area contributed by atoms with Crippen molar-refractivity contribution in [3.05, 3.63) is 39.5 Å². The first-order chi connectivity index (χ1) is 5.75. The summed E-state index contributed by atoms with van der Waals surface area (Å²) in [7, 11) is 0. The molecule has 1 N–H and O–H groups in total. The molecule has 0 radical (unpaired) electrons. The van der Waals surface area contributed by atoms with E-state index in [2.05, 4.69) is 0 Å². The minimum absolute atomic E-state index is 0.00567. The lowest BCUT2D eigenvalue weighted by molar-refractivity contribution is 0.342. The van der Waals surface area contributed by atoms with Crippen LogP contribution in [0.2, 0.25) is 0 Å². The number of rotatable bonds is 2. The number of hydrogen-bond donors (Lipinski definition) is 1. The maximum Gasteiger partial charge on any atom is 0.0754 e. The third-order valence-corrected chi connectivity index (χ3v) is 3.05. The van der Waals surface area contributed by atoms with Crippen LogP contribution in [0, 0.1) is 0 Å². The lowest BCUT2D eigenvalue weighted by atomic mass is 10.2. The van der Waals surface area contributed by atoms with Crippen LogP contribution >= 0.6 is 34.2 Å². The Kier molecular flexibility index (Phi) is 4.05. The Morgan fingerprint density at radius 2 is 1.92 bits per heavy atom. The predicted octanol–water partition coefficient (Wildman–Crippen LogP) is 3.02. The summed E-state index contributed by atoms with van der Waals surface area (Å²) in [5.74, 6) is 0. The highest BCUT2D eigenvalue weighted by Crippen LogP contribution is 2.25. The van der Waals surface area contributed by atoms with Gasteiger partial charge < -0.3 is 5.11 Å². The Morgan fingerprint density at radius 1 is 1.33 bits per heavy atom. The molecule has 0 aliphatic heterocycles. The van der Waals surface area contributed by atoms with Crippen molar-refractivity contribution in [1.82, 2.24) is 0 Å². The highest BCUT2D eigenvalue weighted by molar-refractivity contribution is 14.1. The van der Waals surface area contributed by atoms with E-state index in [1.165, 1.54) is 0 Å². The van der Waals surface area contributed by atoms with Gasteiger partial charge in [-0.25, -0.2) is 0 Å². The van der Waals surface area contributed by atoms with Crippen LogP contribution in [0.25, 0.3) is 5.03 Å². The van der Waals surface area contributed by atoms with Crippen molar-refractivity contribution in [2.45, 2.75) is 0 Å². The second-order valence-electron chi connectivity index (χ2n) is 2.24. The summed E-state index contributed by atoms with van der Waals surface area (Å²) in [5, 5.41) is 9.44. The molecule has 0 heterocycles. The molecule has 1 aromatic carbocycles. The Bertz CT molecular complexity index is 282. The van der Waals surface area contributed by atoms with Crippen molar-refractivity contribution in [3.63, 3.8) is 0 Å². The van der Waals surface area contributed by atoms with Crippen LogP contribution < -0.4 is 0 Å². The average molecular weight is 295 g/mol. The van der Waals surface area contributed by atoms with Crippen LogP contribution in [-0.2, 0) is 0 Å². The second kappa shape index (κ2) is 4.84. The zero-order chi connectivity index (χ0) is 8.97. The van der Waals surface area contributed by atoms with Crippen LogP contribution in [0.1, 0.15) is 5.56 Å². The summed E-state index contributed by atoms with van der Waals surface area (Å²) in [6.07, 6.45) is 0. The minimum atomic E-state index is -0.00567. The van der Waals surface area contributed by atoms with Gasteiger partial charge >= 0.3 is 0 Å². The standard InChI is InChI=1S/C9H8ClIO/c10-9(8(11)6-12)7-4-2-1-3-5-7/h1-5,12H,6H2/b9-8-. The molecule has 1 nitrogen and oxygen atoms in total. The second-order valence-corrected chi connectivity index (χ2v) is 3.92. The molecule has 0 amide bonds. The topological polar surface area (TPSA) is 20.2 Å². The van der Waals surface area contributed by atoms with E-state index < -0.39 is 0 Å². The van der Waals surface area contributed by atoms with E-state index in [0.29, 0.717) is 5.03 Å². The van der Waals surface area contributed by atoms with Crippen LogP contribution in [-0.4, -0.2) is 11.7 Å². The highest BCUT2D eigenvalue weighted by Gasteiger charge is 2.01. The van der Waals surface area contributed by atoms with E-state index >= 15 is 0 Å².